The number of piperidine rings is 1. The fourth-order valence-corrected chi connectivity index (χ4v) is 5.58. The minimum absolute atomic E-state index is 0. The summed E-state index contributed by atoms with van der Waals surface area (Å²) in [4.78, 5) is 29.3. The molecule has 1 aliphatic heterocycles. The van der Waals surface area contributed by atoms with E-state index in [9.17, 15) is 9.59 Å². The Morgan fingerprint density at radius 2 is 2.10 bits per heavy atom. The Kier molecular flexibility index (Phi) is 8.13. The molecule has 31 heavy (non-hydrogen) atoms. The average molecular weight is 469 g/mol. The van der Waals surface area contributed by atoms with Gasteiger partial charge in [0.2, 0.25) is 5.91 Å². The van der Waals surface area contributed by atoms with E-state index in [1.54, 1.807) is 7.11 Å². The molecule has 9 heteroatoms. The Morgan fingerprint density at radius 1 is 1.32 bits per heavy atom. The second-order valence-electron chi connectivity index (χ2n) is 8.88. The molecular formula is C22H33ClN4O3S. The highest BCUT2D eigenvalue weighted by atomic mass is 35.5. The highest BCUT2D eigenvalue weighted by Gasteiger charge is 2.30. The van der Waals surface area contributed by atoms with Gasteiger partial charge in [-0.3, -0.25) is 14.5 Å². The Bertz CT molecular complexity index is 970. The largest absolute Gasteiger partial charge is 0.379 e. The van der Waals surface area contributed by atoms with E-state index in [0.29, 0.717) is 17.3 Å². The summed E-state index contributed by atoms with van der Waals surface area (Å²) in [6.07, 6.45) is 6.00. The summed E-state index contributed by atoms with van der Waals surface area (Å²) >= 11 is 1.43. The maximum absolute atomic E-state index is 13.0. The van der Waals surface area contributed by atoms with Gasteiger partial charge >= 0.3 is 0 Å². The van der Waals surface area contributed by atoms with E-state index in [1.807, 2.05) is 6.07 Å². The van der Waals surface area contributed by atoms with Crippen molar-refractivity contribution in [2.75, 3.05) is 20.2 Å². The van der Waals surface area contributed by atoms with Gasteiger partial charge in [0.25, 0.3) is 5.56 Å². The van der Waals surface area contributed by atoms with Gasteiger partial charge in [0.05, 0.1) is 12.3 Å². The number of hydrogen-bond acceptors (Lipinski definition) is 6. The maximum Gasteiger partial charge on any atom is 0.285 e. The first kappa shape index (κ1) is 24.2. The molecule has 1 amide bonds. The molecule has 1 aliphatic carbocycles. The SMILES string of the molecule is COCc1cc2c(C(C)C)nn(CC(=O)N[C@@H]3CCCN(C4CCC4)C3)c(=O)c2s1.Cl. The van der Waals surface area contributed by atoms with Crippen LogP contribution in [0.25, 0.3) is 10.1 Å². The van der Waals surface area contributed by atoms with Gasteiger partial charge in [-0.15, -0.1) is 23.7 Å². The van der Waals surface area contributed by atoms with Gasteiger partial charge in [-0.25, -0.2) is 4.68 Å². The Balaban J connectivity index is 0.00000272. The number of halogens is 1. The van der Waals surface area contributed by atoms with Crippen LogP contribution in [-0.2, 0) is 22.7 Å². The molecule has 1 saturated heterocycles. The van der Waals surface area contributed by atoms with Gasteiger partial charge in [0.1, 0.15) is 11.2 Å². The highest BCUT2D eigenvalue weighted by Crippen LogP contribution is 2.29. The third-order valence-electron chi connectivity index (χ3n) is 6.25. The summed E-state index contributed by atoms with van der Waals surface area (Å²) in [5.41, 5.74) is 0.654. The third-order valence-corrected chi connectivity index (χ3v) is 7.35. The Hall–Kier alpha value is -1.48. The predicted molar refractivity (Wildman–Crippen MR) is 126 cm³/mol. The minimum atomic E-state index is -0.198. The number of rotatable bonds is 7. The zero-order valence-corrected chi connectivity index (χ0v) is 20.2. The molecule has 1 N–H and O–H groups in total. The van der Waals surface area contributed by atoms with Gasteiger partial charge in [-0.1, -0.05) is 20.3 Å². The lowest BCUT2D eigenvalue weighted by Crippen LogP contribution is -2.53. The summed E-state index contributed by atoms with van der Waals surface area (Å²) in [7, 11) is 1.64. The molecule has 172 valence electrons. The van der Waals surface area contributed by atoms with Crippen molar-refractivity contribution in [1.82, 2.24) is 20.0 Å². The maximum atomic E-state index is 13.0. The first-order chi connectivity index (χ1) is 14.5. The fourth-order valence-electron chi connectivity index (χ4n) is 4.50. The lowest BCUT2D eigenvalue weighted by Gasteiger charge is -2.42. The topological polar surface area (TPSA) is 76.5 Å². The molecule has 0 radical (unpaired) electrons. The van der Waals surface area contributed by atoms with Gasteiger partial charge < -0.3 is 10.1 Å². The summed E-state index contributed by atoms with van der Waals surface area (Å²) in [6.45, 7) is 6.60. The molecule has 7 nitrogen and oxygen atoms in total. The number of carbonyl (C=O) groups excluding carboxylic acids is 1. The van der Waals surface area contributed by atoms with Gasteiger partial charge in [0, 0.05) is 36.0 Å². The molecule has 0 unspecified atom stereocenters. The van der Waals surface area contributed by atoms with Crippen LogP contribution in [0.2, 0.25) is 0 Å². The standard InChI is InChI=1S/C22H32N4O3S.ClH/c1-14(2)20-18-10-17(13-29-3)30-21(18)22(28)26(24-20)12-19(27)23-15-6-5-9-25(11-15)16-7-4-8-16;/h10,14-16H,4-9,11-13H2,1-3H3,(H,23,27);1H/t15-;/m1./s1. The van der Waals surface area contributed by atoms with Gasteiger partial charge in [-0.2, -0.15) is 5.10 Å². The monoisotopic (exact) mass is 468 g/mol. The van der Waals surface area contributed by atoms with Crippen LogP contribution in [0.1, 0.15) is 62.4 Å². The number of methoxy groups -OCH3 is 1. The molecule has 0 bridgehead atoms. The van der Waals surface area contributed by atoms with E-state index >= 15 is 0 Å². The van der Waals surface area contributed by atoms with E-state index in [4.69, 9.17) is 4.74 Å². The van der Waals surface area contributed by atoms with Crippen LogP contribution in [0.15, 0.2) is 10.9 Å². The Morgan fingerprint density at radius 3 is 2.74 bits per heavy atom. The lowest BCUT2D eigenvalue weighted by molar-refractivity contribution is -0.123. The van der Waals surface area contributed by atoms with Crippen LogP contribution in [0.4, 0.5) is 0 Å². The van der Waals surface area contributed by atoms with E-state index in [1.165, 1.54) is 35.3 Å². The third kappa shape index (κ3) is 5.30. The number of thiophene rings is 1. The predicted octanol–water partition coefficient (Wildman–Crippen LogP) is 3.28. The van der Waals surface area contributed by atoms with E-state index in [2.05, 4.69) is 29.2 Å². The molecule has 2 aromatic heterocycles. The van der Waals surface area contributed by atoms with Crippen molar-refractivity contribution in [2.45, 2.75) is 77.1 Å². The molecule has 0 aromatic carbocycles. The number of fused-ring (bicyclic) bond motifs is 1. The van der Waals surface area contributed by atoms with Crippen LogP contribution in [0, 0.1) is 0 Å². The summed E-state index contributed by atoms with van der Waals surface area (Å²) in [5, 5.41) is 8.61. The number of likely N-dealkylation sites (tertiary alicyclic amines) is 1. The normalized spacial score (nSPS) is 19.9. The number of ether oxygens (including phenoxy) is 1. The molecule has 1 saturated carbocycles. The molecule has 0 spiro atoms. The molecule has 2 fully saturated rings. The van der Waals surface area contributed by atoms with Crippen molar-refractivity contribution in [2.24, 2.45) is 0 Å². The van der Waals surface area contributed by atoms with Gasteiger partial charge in [0.15, 0.2) is 0 Å². The molecule has 1 atom stereocenters. The molecule has 3 heterocycles. The van der Waals surface area contributed by atoms with Crippen molar-refractivity contribution in [3.63, 3.8) is 0 Å². The number of nitrogens with zero attached hydrogens (tertiary/aromatic N) is 3. The van der Waals surface area contributed by atoms with Crippen LogP contribution in [0.3, 0.4) is 0 Å². The molecule has 2 aromatic rings. The van der Waals surface area contributed by atoms with Crippen molar-refractivity contribution in [1.29, 1.82) is 0 Å². The van der Waals surface area contributed by atoms with E-state index in [0.717, 1.165) is 41.9 Å². The van der Waals surface area contributed by atoms with Crippen molar-refractivity contribution >= 4 is 39.7 Å². The zero-order chi connectivity index (χ0) is 21.3. The van der Waals surface area contributed by atoms with Crippen molar-refractivity contribution in [3.05, 3.63) is 27.0 Å². The Labute approximate surface area is 193 Å². The first-order valence-corrected chi connectivity index (χ1v) is 11.8. The lowest BCUT2D eigenvalue weighted by atomic mass is 9.89. The second kappa shape index (κ2) is 10.4. The van der Waals surface area contributed by atoms with Gasteiger partial charge in [-0.05, 0) is 44.2 Å². The first-order valence-electron chi connectivity index (χ1n) is 11.0. The zero-order valence-electron chi connectivity index (χ0n) is 18.6. The van der Waals surface area contributed by atoms with Crippen molar-refractivity contribution < 1.29 is 9.53 Å². The van der Waals surface area contributed by atoms with Crippen LogP contribution >= 0.6 is 23.7 Å². The summed E-state index contributed by atoms with van der Waals surface area (Å²) < 4.78 is 7.22. The number of aromatic nitrogens is 2. The van der Waals surface area contributed by atoms with Crippen LogP contribution < -0.4 is 10.9 Å². The summed E-state index contributed by atoms with van der Waals surface area (Å²) in [6, 6.07) is 2.85. The molecule has 4 rings (SSSR count). The molecular weight excluding hydrogens is 436 g/mol. The van der Waals surface area contributed by atoms with Crippen LogP contribution in [0.5, 0.6) is 0 Å². The number of hydrogen-bond donors (Lipinski definition) is 1. The van der Waals surface area contributed by atoms with E-state index in [-0.39, 0.29) is 42.4 Å². The fraction of sp³-hybridized carbons (Fsp3) is 0.682. The number of amides is 1. The number of carbonyl (C=O) groups is 1. The smallest absolute Gasteiger partial charge is 0.285 e. The van der Waals surface area contributed by atoms with E-state index < -0.39 is 0 Å². The minimum Gasteiger partial charge on any atom is -0.379 e. The quantitative estimate of drug-likeness (QED) is 0.674. The van der Waals surface area contributed by atoms with Crippen LogP contribution in [-0.4, -0.2) is 52.9 Å². The highest BCUT2D eigenvalue weighted by molar-refractivity contribution is 7.19. The second-order valence-corrected chi connectivity index (χ2v) is 10.0. The summed E-state index contributed by atoms with van der Waals surface area (Å²) in [5.74, 6) is 0.0228. The van der Waals surface area contributed by atoms with Crippen molar-refractivity contribution in [3.8, 4) is 0 Å². The number of nitrogens with one attached hydrogen (secondary N) is 1. The molecule has 2 aliphatic rings. The average Bonchev–Trinajstić information content (AvgIpc) is 3.07.